The number of nitrogens with one attached hydrogen (secondary N) is 1. The first kappa shape index (κ1) is 14.9. The fraction of sp³-hybridized carbons (Fsp3) is 0.533. The maximum atomic E-state index is 12.7. The van der Waals surface area contributed by atoms with E-state index in [1.165, 1.54) is 12.1 Å². The number of halogens is 1. The van der Waals surface area contributed by atoms with E-state index in [0.717, 1.165) is 24.9 Å². The van der Waals surface area contributed by atoms with Gasteiger partial charge in [0.05, 0.1) is 6.54 Å². The SMILES string of the molecule is NCC1CCCN1CC(=O)NCCc1ccc(F)cc1. The topological polar surface area (TPSA) is 58.4 Å². The molecule has 1 aliphatic rings. The Morgan fingerprint density at radius 2 is 2.15 bits per heavy atom. The van der Waals surface area contributed by atoms with Gasteiger partial charge in [0.2, 0.25) is 5.91 Å². The summed E-state index contributed by atoms with van der Waals surface area (Å²) in [6, 6.07) is 6.71. The Kier molecular flexibility index (Phi) is 5.49. The standard InChI is InChI=1S/C15H22FN3O/c16-13-5-3-12(4-6-13)7-8-18-15(20)11-19-9-1-2-14(19)10-17/h3-6,14H,1-2,7-11,17H2,(H,18,20). The van der Waals surface area contributed by atoms with Gasteiger partial charge in [0.25, 0.3) is 0 Å². The molecule has 110 valence electrons. The smallest absolute Gasteiger partial charge is 0.234 e. The lowest BCUT2D eigenvalue weighted by Gasteiger charge is -2.22. The fourth-order valence-corrected chi connectivity index (χ4v) is 2.61. The van der Waals surface area contributed by atoms with E-state index >= 15 is 0 Å². The summed E-state index contributed by atoms with van der Waals surface area (Å²) in [6.45, 7) is 2.56. The highest BCUT2D eigenvalue weighted by Gasteiger charge is 2.24. The van der Waals surface area contributed by atoms with E-state index in [-0.39, 0.29) is 11.7 Å². The van der Waals surface area contributed by atoms with Crippen molar-refractivity contribution >= 4 is 5.91 Å². The van der Waals surface area contributed by atoms with Gasteiger partial charge in [-0.15, -0.1) is 0 Å². The molecule has 0 bridgehead atoms. The summed E-state index contributed by atoms with van der Waals surface area (Å²) in [7, 11) is 0. The van der Waals surface area contributed by atoms with Crippen molar-refractivity contribution in [1.29, 1.82) is 0 Å². The number of carbonyl (C=O) groups is 1. The van der Waals surface area contributed by atoms with Gasteiger partial charge in [0.1, 0.15) is 5.82 Å². The Bertz CT molecular complexity index is 435. The van der Waals surface area contributed by atoms with Crippen molar-refractivity contribution in [3.63, 3.8) is 0 Å². The summed E-state index contributed by atoms with van der Waals surface area (Å²) in [6.07, 6.45) is 2.91. The molecule has 4 nitrogen and oxygen atoms in total. The van der Waals surface area contributed by atoms with Crippen LogP contribution in [-0.4, -0.2) is 43.0 Å². The van der Waals surface area contributed by atoms with Crippen LogP contribution in [0.5, 0.6) is 0 Å². The van der Waals surface area contributed by atoms with Gasteiger partial charge in [-0.3, -0.25) is 9.69 Å². The van der Waals surface area contributed by atoms with Crippen molar-refractivity contribution in [2.24, 2.45) is 5.73 Å². The number of benzene rings is 1. The third-order valence-corrected chi connectivity index (χ3v) is 3.77. The van der Waals surface area contributed by atoms with Crippen LogP contribution in [0, 0.1) is 5.82 Å². The van der Waals surface area contributed by atoms with Crippen LogP contribution in [0.1, 0.15) is 18.4 Å². The summed E-state index contributed by atoms with van der Waals surface area (Å²) in [5, 5.41) is 2.90. The van der Waals surface area contributed by atoms with Crippen LogP contribution in [0.3, 0.4) is 0 Å². The molecular formula is C15H22FN3O. The number of rotatable bonds is 6. The third-order valence-electron chi connectivity index (χ3n) is 3.77. The first-order valence-corrected chi connectivity index (χ1v) is 7.14. The van der Waals surface area contributed by atoms with Crippen LogP contribution >= 0.6 is 0 Å². The second-order valence-electron chi connectivity index (χ2n) is 5.23. The van der Waals surface area contributed by atoms with Crippen LogP contribution in [0.25, 0.3) is 0 Å². The molecule has 1 aromatic rings. The quantitative estimate of drug-likeness (QED) is 0.813. The molecule has 0 aliphatic carbocycles. The Hall–Kier alpha value is -1.46. The Balaban J connectivity index is 1.68. The number of amides is 1. The van der Waals surface area contributed by atoms with E-state index in [4.69, 9.17) is 5.73 Å². The minimum absolute atomic E-state index is 0.0347. The molecular weight excluding hydrogens is 257 g/mol. The van der Waals surface area contributed by atoms with Gasteiger partial charge in [-0.05, 0) is 43.5 Å². The normalized spacial score (nSPS) is 19.2. The lowest BCUT2D eigenvalue weighted by molar-refractivity contribution is -0.122. The highest BCUT2D eigenvalue weighted by molar-refractivity contribution is 5.78. The van der Waals surface area contributed by atoms with E-state index in [1.807, 2.05) is 0 Å². The molecule has 1 amide bonds. The van der Waals surface area contributed by atoms with Crippen molar-refractivity contribution < 1.29 is 9.18 Å². The minimum Gasteiger partial charge on any atom is -0.355 e. The number of carbonyl (C=O) groups excluding carboxylic acids is 1. The summed E-state index contributed by atoms with van der Waals surface area (Å²) < 4.78 is 12.7. The lowest BCUT2D eigenvalue weighted by Crippen LogP contribution is -2.42. The zero-order valence-electron chi connectivity index (χ0n) is 11.6. The van der Waals surface area contributed by atoms with Crippen molar-refractivity contribution in [3.05, 3.63) is 35.6 Å². The maximum absolute atomic E-state index is 12.7. The van der Waals surface area contributed by atoms with Gasteiger partial charge in [-0.2, -0.15) is 0 Å². The Labute approximate surface area is 119 Å². The molecule has 0 radical (unpaired) electrons. The molecule has 1 aliphatic heterocycles. The Morgan fingerprint density at radius 1 is 1.40 bits per heavy atom. The molecule has 1 heterocycles. The molecule has 0 saturated carbocycles. The first-order valence-electron chi connectivity index (χ1n) is 7.14. The predicted molar refractivity (Wildman–Crippen MR) is 76.8 cm³/mol. The number of hydrogen-bond acceptors (Lipinski definition) is 3. The zero-order valence-corrected chi connectivity index (χ0v) is 11.6. The van der Waals surface area contributed by atoms with Crippen LogP contribution in [0.4, 0.5) is 4.39 Å². The van der Waals surface area contributed by atoms with E-state index < -0.39 is 0 Å². The number of nitrogens with zero attached hydrogens (tertiary/aromatic N) is 1. The number of likely N-dealkylation sites (tertiary alicyclic amines) is 1. The van der Waals surface area contributed by atoms with E-state index in [2.05, 4.69) is 10.2 Å². The van der Waals surface area contributed by atoms with Crippen LogP contribution in [0.2, 0.25) is 0 Å². The summed E-state index contributed by atoms with van der Waals surface area (Å²) in [4.78, 5) is 14.0. The average Bonchev–Trinajstić information content (AvgIpc) is 2.88. The first-order chi connectivity index (χ1) is 9.69. The molecule has 3 N–H and O–H groups in total. The van der Waals surface area contributed by atoms with Crippen molar-refractivity contribution in [2.45, 2.75) is 25.3 Å². The molecule has 1 saturated heterocycles. The third kappa shape index (κ3) is 4.28. The van der Waals surface area contributed by atoms with E-state index in [0.29, 0.717) is 32.1 Å². The second-order valence-corrected chi connectivity index (χ2v) is 5.23. The predicted octanol–water partition coefficient (Wildman–Crippen LogP) is 0.907. The highest BCUT2D eigenvalue weighted by Crippen LogP contribution is 2.15. The van der Waals surface area contributed by atoms with Gasteiger partial charge < -0.3 is 11.1 Å². The highest BCUT2D eigenvalue weighted by atomic mass is 19.1. The summed E-state index contributed by atoms with van der Waals surface area (Å²) in [5.74, 6) is -0.202. The van der Waals surface area contributed by atoms with Crippen molar-refractivity contribution in [1.82, 2.24) is 10.2 Å². The van der Waals surface area contributed by atoms with Crippen molar-refractivity contribution in [3.8, 4) is 0 Å². The largest absolute Gasteiger partial charge is 0.355 e. The van der Waals surface area contributed by atoms with Crippen LogP contribution in [-0.2, 0) is 11.2 Å². The van der Waals surface area contributed by atoms with Gasteiger partial charge in [0.15, 0.2) is 0 Å². The minimum atomic E-state index is -0.236. The monoisotopic (exact) mass is 279 g/mol. The van der Waals surface area contributed by atoms with E-state index in [9.17, 15) is 9.18 Å². The van der Waals surface area contributed by atoms with E-state index in [1.54, 1.807) is 12.1 Å². The summed E-state index contributed by atoms with van der Waals surface area (Å²) >= 11 is 0. The molecule has 5 heteroatoms. The van der Waals surface area contributed by atoms with Gasteiger partial charge in [-0.1, -0.05) is 12.1 Å². The van der Waals surface area contributed by atoms with Crippen LogP contribution in [0.15, 0.2) is 24.3 Å². The summed E-state index contributed by atoms with van der Waals surface area (Å²) in [5.41, 5.74) is 6.71. The van der Waals surface area contributed by atoms with Crippen LogP contribution < -0.4 is 11.1 Å². The molecule has 1 aromatic carbocycles. The molecule has 1 atom stereocenters. The molecule has 2 rings (SSSR count). The average molecular weight is 279 g/mol. The van der Waals surface area contributed by atoms with Crippen molar-refractivity contribution in [2.75, 3.05) is 26.2 Å². The van der Waals surface area contributed by atoms with Gasteiger partial charge in [-0.25, -0.2) is 4.39 Å². The van der Waals surface area contributed by atoms with Gasteiger partial charge >= 0.3 is 0 Å². The lowest BCUT2D eigenvalue weighted by atomic mass is 10.1. The zero-order chi connectivity index (χ0) is 14.4. The maximum Gasteiger partial charge on any atom is 0.234 e. The fourth-order valence-electron chi connectivity index (χ4n) is 2.61. The second kappa shape index (κ2) is 7.36. The molecule has 20 heavy (non-hydrogen) atoms. The van der Waals surface area contributed by atoms with Gasteiger partial charge in [0, 0.05) is 19.1 Å². The molecule has 1 fully saturated rings. The number of hydrogen-bond donors (Lipinski definition) is 2. The molecule has 1 unspecified atom stereocenters. The molecule has 0 spiro atoms. The number of nitrogens with two attached hydrogens (primary N) is 1. The Morgan fingerprint density at radius 3 is 2.85 bits per heavy atom. The molecule has 0 aromatic heterocycles.